The molecule has 2 aromatic carbocycles. The summed E-state index contributed by atoms with van der Waals surface area (Å²) in [6.45, 7) is 6.25. The molecule has 1 radical (unpaired) electrons. The number of carbonyl (C=O) groups excluding carboxylic acids is 2. The van der Waals surface area contributed by atoms with E-state index in [0.717, 1.165) is 69.9 Å². The summed E-state index contributed by atoms with van der Waals surface area (Å²) in [5.41, 5.74) is 3.98. The van der Waals surface area contributed by atoms with Crippen LogP contribution < -0.4 is 10.2 Å². The molecule has 0 bridgehead atoms. The van der Waals surface area contributed by atoms with Gasteiger partial charge >= 0.3 is 16.8 Å². The van der Waals surface area contributed by atoms with Gasteiger partial charge in [0.1, 0.15) is 11.5 Å². The minimum absolute atomic E-state index is 0. The van der Waals surface area contributed by atoms with Crippen LogP contribution in [0.4, 0.5) is 0 Å². The molecule has 38 heavy (non-hydrogen) atoms. The van der Waals surface area contributed by atoms with Crippen LogP contribution in [-0.4, -0.2) is 46.7 Å². The van der Waals surface area contributed by atoms with Crippen molar-refractivity contribution in [2.24, 2.45) is 9.98 Å². The third kappa shape index (κ3) is 13.9. The van der Waals surface area contributed by atoms with Crippen molar-refractivity contribution in [2.75, 3.05) is 0 Å². The number of carboxylic acids is 2. The Morgan fingerprint density at radius 2 is 1.16 bits per heavy atom. The molecule has 1 aliphatic carbocycles. The Bertz CT molecular complexity index is 980. The van der Waals surface area contributed by atoms with Crippen molar-refractivity contribution in [3.8, 4) is 11.5 Å². The molecule has 0 aromatic heterocycles. The van der Waals surface area contributed by atoms with E-state index in [1.165, 1.54) is 11.1 Å². The Kier molecular flexibility index (Phi) is 17.4. The van der Waals surface area contributed by atoms with Gasteiger partial charge in [0.2, 0.25) is 0 Å². The van der Waals surface area contributed by atoms with Gasteiger partial charge in [0.15, 0.2) is 0 Å². The first kappa shape index (κ1) is 34.8. The summed E-state index contributed by atoms with van der Waals surface area (Å²) < 4.78 is 0. The number of aromatic hydroxyl groups is 2. The van der Waals surface area contributed by atoms with Crippen LogP contribution in [0.2, 0.25) is 0 Å². The fraction of sp³-hybridized carbons (Fsp3) is 0.448. The standard InChI is InChI=1S/C25H32N2O2.2C2H4O2.Co/c1-3-6-18-10-12-24(28)20(14-18)16-26-22-8-5-9-23(22)27-17-21-15-19(7-4-2)11-13-25(21)29;2*1-2(3)4;/h10-17,22-23,28-29H,3-9H2,1-2H3;2*1H3,(H,3,4);/q;;;+2/p-2. The second-order valence-corrected chi connectivity index (χ2v) is 8.89. The molecule has 1 aliphatic rings. The molecule has 2 N–H and O–H groups in total. The van der Waals surface area contributed by atoms with Crippen molar-refractivity contribution in [1.29, 1.82) is 0 Å². The smallest absolute Gasteiger partial charge is 0.550 e. The van der Waals surface area contributed by atoms with Crippen LogP contribution in [0.5, 0.6) is 11.5 Å². The molecule has 0 spiro atoms. The first-order valence-electron chi connectivity index (χ1n) is 12.6. The van der Waals surface area contributed by atoms with E-state index in [1.54, 1.807) is 24.6 Å². The monoisotopic (exact) mass is 569 g/mol. The number of carboxylic acid groups (broad SMARTS) is 2. The maximum atomic E-state index is 10.1. The van der Waals surface area contributed by atoms with Crippen molar-refractivity contribution in [3.05, 3.63) is 58.7 Å². The number of phenolic OH excluding ortho intramolecular Hbond substituents is 2. The van der Waals surface area contributed by atoms with E-state index in [9.17, 15) is 10.2 Å². The summed E-state index contributed by atoms with van der Waals surface area (Å²) in [6, 6.07) is 11.7. The summed E-state index contributed by atoms with van der Waals surface area (Å²) in [4.78, 5) is 27.3. The minimum atomic E-state index is -1.08. The van der Waals surface area contributed by atoms with E-state index in [4.69, 9.17) is 29.8 Å². The Hall–Kier alpha value is -3.17. The zero-order chi connectivity index (χ0) is 27.8. The Labute approximate surface area is 235 Å². The predicted octanol–water partition coefficient (Wildman–Crippen LogP) is 2.97. The number of phenols is 2. The van der Waals surface area contributed by atoms with Gasteiger partial charge in [-0.25, -0.2) is 0 Å². The third-order valence-electron chi connectivity index (χ3n) is 5.52. The van der Waals surface area contributed by atoms with Crippen LogP contribution in [0, 0.1) is 0 Å². The van der Waals surface area contributed by atoms with Crippen LogP contribution in [0.3, 0.4) is 0 Å². The van der Waals surface area contributed by atoms with Crippen molar-refractivity contribution in [2.45, 2.75) is 84.7 Å². The van der Waals surface area contributed by atoms with Crippen LogP contribution in [-0.2, 0) is 39.2 Å². The van der Waals surface area contributed by atoms with E-state index in [2.05, 4.69) is 13.8 Å². The molecule has 0 amide bonds. The number of rotatable bonds is 8. The Morgan fingerprint density at radius 1 is 0.816 bits per heavy atom. The molecule has 9 heteroatoms. The van der Waals surface area contributed by atoms with Crippen LogP contribution in [0.1, 0.15) is 82.1 Å². The first-order valence-corrected chi connectivity index (χ1v) is 12.6. The summed E-state index contributed by atoms with van der Waals surface area (Å²) in [7, 11) is 0. The molecule has 0 heterocycles. The van der Waals surface area contributed by atoms with Gasteiger partial charge in [0.25, 0.3) is 0 Å². The van der Waals surface area contributed by atoms with E-state index < -0.39 is 11.9 Å². The van der Waals surface area contributed by atoms with Gasteiger partial charge in [-0.15, -0.1) is 0 Å². The minimum Gasteiger partial charge on any atom is -0.550 e. The normalized spacial score (nSPS) is 16.2. The number of nitrogens with zero attached hydrogens (tertiary/aromatic N) is 2. The number of aliphatic carboxylic acids is 2. The third-order valence-corrected chi connectivity index (χ3v) is 5.52. The van der Waals surface area contributed by atoms with Gasteiger partial charge in [0, 0.05) is 35.5 Å². The van der Waals surface area contributed by atoms with E-state index in [-0.39, 0.29) is 40.4 Å². The molecular formula is C29H38CoN2O6. The van der Waals surface area contributed by atoms with E-state index >= 15 is 0 Å². The fourth-order valence-electron chi connectivity index (χ4n) is 3.92. The molecular weight excluding hydrogens is 531 g/mol. The largest absolute Gasteiger partial charge is 2.00 e. The number of hydrogen-bond acceptors (Lipinski definition) is 8. The van der Waals surface area contributed by atoms with Gasteiger partial charge in [0.05, 0.1) is 12.1 Å². The molecule has 2 unspecified atom stereocenters. The molecule has 2 aromatic rings. The van der Waals surface area contributed by atoms with Crippen LogP contribution >= 0.6 is 0 Å². The quantitative estimate of drug-likeness (QED) is 0.468. The van der Waals surface area contributed by atoms with Gasteiger partial charge < -0.3 is 30.0 Å². The molecule has 3 rings (SSSR count). The maximum absolute atomic E-state index is 10.1. The van der Waals surface area contributed by atoms with Crippen LogP contribution in [0.15, 0.2) is 46.4 Å². The number of aryl methyl sites for hydroxylation is 2. The van der Waals surface area contributed by atoms with E-state index in [0.29, 0.717) is 0 Å². The van der Waals surface area contributed by atoms with Crippen molar-refractivity contribution in [1.82, 2.24) is 0 Å². The molecule has 8 nitrogen and oxygen atoms in total. The fourth-order valence-corrected chi connectivity index (χ4v) is 3.92. The van der Waals surface area contributed by atoms with Crippen molar-refractivity contribution < 1.29 is 46.8 Å². The van der Waals surface area contributed by atoms with Gasteiger partial charge in [-0.05, 0) is 81.3 Å². The summed E-state index contributed by atoms with van der Waals surface area (Å²) in [6.07, 6.45) is 10.8. The molecule has 1 saturated carbocycles. The zero-order valence-electron chi connectivity index (χ0n) is 22.5. The van der Waals surface area contributed by atoms with Crippen molar-refractivity contribution >= 4 is 24.4 Å². The number of benzene rings is 2. The predicted molar refractivity (Wildman–Crippen MR) is 142 cm³/mol. The molecule has 0 aliphatic heterocycles. The topological polar surface area (TPSA) is 145 Å². The Morgan fingerprint density at radius 3 is 1.47 bits per heavy atom. The first-order chi connectivity index (χ1) is 17.6. The average Bonchev–Trinajstić information content (AvgIpc) is 3.26. The zero-order valence-corrected chi connectivity index (χ0v) is 23.5. The second kappa shape index (κ2) is 19.0. The molecule has 0 saturated heterocycles. The van der Waals surface area contributed by atoms with Gasteiger partial charge in [-0.2, -0.15) is 0 Å². The van der Waals surface area contributed by atoms with E-state index in [1.807, 2.05) is 24.3 Å². The number of aliphatic imine (C=N–C) groups is 2. The number of hydrogen-bond donors (Lipinski definition) is 2. The Balaban J connectivity index is 0.00000134. The molecule has 2 atom stereocenters. The summed E-state index contributed by atoms with van der Waals surface area (Å²) in [5.74, 6) is -1.63. The van der Waals surface area contributed by atoms with Gasteiger partial charge in [-0.1, -0.05) is 38.8 Å². The summed E-state index contributed by atoms with van der Waals surface area (Å²) >= 11 is 0. The average molecular weight is 570 g/mol. The maximum Gasteiger partial charge on any atom is 2.00 e. The number of carbonyl (C=O) groups is 2. The van der Waals surface area contributed by atoms with Gasteiger partial charge in [-0.3, -0.25) is 9.98 Å². The second-order valence-electron chi connectivity index (χ2n) is 8.89. The summed E-state index contributed by atoms with van der Waals surface area (Å²) in [5, 5.41) is 38.1. The van der Waals surface area contributed by atoms with Crippen molar-refractivity contribution in [3.63, 3.8) is 0 Å². The molecule has 209 valence electrons. The SMILES string of the molecule is CC(=O)[O-].CC(=O)[O-].CCCc1ccc(O)c(C=NC2CCCC2N=Cc2cc(CCC)ccc2O)c1.[Co+2]. The molecule has 1 fully saturated rings. The van der Waals surface area contributed by atoms with Crippen LogP contribution in [0.25, 0.3) is 0 Å².